The number of rotatable bonds is 6. The van der Waals surface area contributed by atoms with E-state index in [1.807, 2.05) is 6.07 Å². The first-order valence-electron chi connectivity index (χ1n) is 5.47. The predicted molar refractivity (Wildman–Crippen MR) is 62.5 cm³/mol. The second-order valence-corrected chi connectivity index (χ2v) is 3.79. The lowest BCUT2D eigenvalue weighted by molar-refractivity contribution is -0.00000357. The summed E-state index contributed by atoms with van der Waals surface area (Å²) in [5.74, 6) is 0. The van der Waals surface area contributed by atoms with Gasteiger partial charge in [0.05, 0.1) is 6.07 Å². The second kappa shape index (κ2) is 9.21. The Kier molecular flexibility index (Phi) is 8.61. The van der Waals surface area contributed by atoms with Crippen LogP contribution in [0.25, 0.3) is 0 Å². The van der Waals surface area contributed by atoms with Gasteiger partial charge in [-0.25, -0.2) is 0 Å². The van der Waals surface area contributed by atoms with E-state index in [0.29, 0.717) is 12.5 Å². The van der Waals surface area contributed by atoms with Gasteiger partial charge in [0.1, 0.15) is 0 Å². The molecule has 1 rings (SSSR count). The highest BCUT2D eigenvalue weighted by molar-refractivity contribution is 5.14. The van der Waals surface area contributed by atoms with E-state index < -0.39 is 0 Å². The fraction of sp³-hybridized carbons (Fsp3) is 0.462. The first kappa shape index (κ1) is 15.0. The monoisotopic (exact) mass is 237 g/mol. The average molecular weight is 238 g/mol. The van der Waals surface area contributed by atoms with E-state index >= 15 is 0 Å². The topological polar surface area (TPSA) is 35.8 Å². The van der Waals surface area contributed by atoms with Gasteiger partial charge in [0.25, 0.3) is 0 Å². The third-order valence-corrected chi connectivity index (χ3v) is 2.44. The van der Waals surface area contributed by atoms with Crippen molar-refractivity contribution < 1.29 is 12.4 Å². The summed E-state index contributed by atoms with van der Waals surface area (Å²) in [5, 5.41) is 11.7. The molecule has 88 valence electrons. The molecule has 0 fully saturated rings. The summed E-state index contributed by atoms with van der Waals surface area (Å²) in [7, 11) is 0. The zero-order chi connectivity index (χ0) is 10.9. The number of hydrogen-bond donors (Lipinski definition) is 1. The van der Waals surface area contributed by atoms with Crippen molar-refractivity contribution in [2.24, 2.45) is 0 Å². The van der Waals surface area contributed by atoms with Crippen LogP contribution in [0.4, 0.5) is 0 Å². The van der Waals surface area contributed by atoms with E-state index in [4.69, 9.17) is 5.26 Å². The predicted octanol–water partition coefficient (Wildman–Crippen LogP) is -0.485. The van der Waals surface area contributed by atoms with E-state index in [2.05, 4.69) is 42.6 Å². The molecule has 0 amide bonds. The minimum Gasteiger partial charge on any atom is -1.00 e. The molecule has 3 heteroatoms. The molecule has 1 aromatic carbocycles. The molecular formula is C13H18ClN2-. The molecular weight excluding hydrogens is 220 g/mol. The van der Waals surface area contributed by atoms with Gasteiger partial charge >= 0.3 is 0 Å². The van der Waals surface area contributed by atoms with Gasteiger partial charge in [0.2, 0.25) is 0 Å². The summed E-state index contributed by atoms with van der Waals surface area (Å²) in [6, 6.07) is 13.1. The number of nitriles is 1. The third-order valence-electron chi connectivity index (χ3n) is 2.44. The maximum absolute atomic E-state index is 8.40. The molecule has 0 saturated carbocycles. The van der Waals surface area contributed by atoms with Crippen LogP contribution in [-0.2, 0) is 6.42 Å². The fourth-order valence-electron chi connectivity index (χ4n) is 1.50. The van der Waals surface area contributed by atoms with Crippen molar-refractivity contribution in [3.05, 3.63) is 35.9 Å². The van der Waals surface area contributed by atoms with Crippen molar-refractivity contribution in [1.82, 2.24) is 5.32 Å². The Bertz CT molecular complexity index is 305. The lowest BCUT2D eigenvalue weighted by Crippen LogP contribution is -3.00. The average Bonchev–Trinajstić information content (AvgIpc) is 2.28. The molecule has 0 bridgehead atoms. The third kappa shape index (κ3) is 6.44. The Balaban J connectivity index is 0.00000225. The van der Waals surface area contributed by atoms with Crippen molar-refractivity contribution in [3.63, 3.8) is 0 Å². The summed E-state index contributed by atoms with van der Waals surface area (Å²) < 4.78 is 0. The van der Waals surface area contributed by atoms with Crippen LogP contribution in [0, 0.1) is 11.3 Å². The number of nitrogens with one attached hydrogen (secondary N) is 1. The number of halogens is 1. The molecule has 2 nitrogen and oxygen atoms in total. The molecule has 16 heavy (non-hydrogen) atoms. The van der Waals surface area contributed by atoms with E-state index in [0.717, 1.165) is 19.4 Å². The summed E-state index contributed by atoms with van der Waals surface area (Å²) in [4.78, 5) is 0. The first-order chi connectivity index (χ1) is 7.33. The quantitative estimate of drug-likeness (QED) is 0.679. The van der Waals surface area contributed by atoms with Crippen LogP contribution in [-0.4, -0.2) is 12.6 Å². The van der Waals surface area contributed by atoms with Gasteiger partial charge in [0, 0.05) is 19.0 Å². The smallest absolute Gasteiger partial charge is 0.0635 e. The minimum atomic E-state index is 0. The van der Waals surface area contributed by atoms with Crippen LogP contribution in [0.15, 0.2) is 30.3 Å². The van der Waals surface area contributed by atoms with Gasteiger partial charge < -0.3 is 17.7 Å². The molecule has 1 aromatic rings. The van der Waals surface area contributed by atoms with Crippen LogP contribution >= 0.6 is 0 Å². The highest BCUT2D eigenvalue weighted by Gasteiger charge is 2.00. The Morgan fingerprint density at radius 3 is 2.62 bits per heavy atom. The fourth-order valence-corrected chi connectivity index (χ4v) is 1.50. The maximum atomic E-state index is 8.40. The van der Waals surface area contributed by atoms with Gasteiger partial charge in [-0.15, -0.1) is 0 Å². The number of hydrogen-bond acceptors (Lipinski definition) is 2. The Morgan fingerprint density at radius 1 is 1.31 bits per heavy atom. The molecule has 0 aromatic heterocycles. The Hall–Kier alpha value is -1.04. The van der Waals surface area contributed by atoms with Gasteiger partial charge in [-0.05, 0) is 25.3 Å². The zero-order valence-corrected chi connectivity index (χ0v) is 10.4. The maximum Gasteiger partial charge on any atom is 0.0635 e. The molecule has 1 atom stereocenters. The largest absolute Gasteiger partial charge is 1.00 e. The van der Waals surface area contributed by atoms with E-state index in [9.17, 15) is 0 Å². The van der Waals surface area contributed by atoms with Crippen molar-refractivity contribution >= 4 is 0 Å². The molecule has 0 radical (unpaired) electrons. The van der Waals surface area contributed by atoms with Gasteiger partial charge in [-0.1, -0.05) is 30.3 Å². The van der Waals surface area contributed by atoms with Crippen molar-refractivity contribution in [1.29, 1.82) is 5.26 Å². The van der Waals surface area contributed by atoms with Crippen LogP contribution in [0.5, 0.6) is 0 Å². The Morgan fingerprint density at radius 2 is 2.00 bits per heavy atom. The molecule has 0 aliphatic rings. The van der Waals surface area contributed by atoms with Crippen LogP contribution in [0.3, 0.4) is 0 Å². The van der Waals surface area contributed by atoms with Crippen molar-refractivity contribution in [2.75, 3.05) is 6.54 Å². The van der Waals surface area contributed by atoms with Gasteiger partial charge in [0.15, 0.2) is 0 Å². The molecule has 0 aliphatic heterocycles. The van der Waals surface area contributed by atoms with Crippen molar-refractivity contribution in [2.45, 2.75) is 32.2 Å². The lowest BCUT2D eigenvalue weighted by atomic mass is 10.1. The van der Waals surface area contributed by atoms with Crippen LogP contribution in [0.1, 0.15) is 25.3 Å². The van der Waals surface area contributed by atoms with Crippen LogP contribution in [0.2, 0.25) is 0 Å². The summed E-state index contributed by atoms with van der Waals surface area (Å²) in [6.07, 6.45) is 2.81. The summed E-state index contributed by atoms with van der Waals surface area (Å²) in [6.45, 7) is 2.97. The van der Waals surface area contributed by atoms with Gasteiger partial charge in [-0.3, -0.25) is 0 Å². The van der Waals surface area contributed by atoms with Crippen LogP contribution < -0.4 is 17.7 Å². The normalized spacial score (nSPS) is 11.2. The molecule has 1 N–H and O–H groups in total. The Labute approximate surface area is 104 Å². The number of benzene rings is 1. The SMILES string of the molecule is CC(CCc1ccccc1)NCCC#N.[Cl-]. The standard InChI is InChI=1S/C13H18N2.ClH/c1-12(15-11-5-10-14)8-9-13-6-3-2-4-7-13;/h2-4,6-7,12,15H,5,8-9,11H2,1H3;1H/p-1. The lowest BCUT2D eigenvalue weighted by Gasteiger charge is -2.12. The number of nitrogens with zero attached hydrogens (tertiary/aromatic N) is 1. The minimum absolute atomic E-state index is 0. The van der Waals surface area contributed by atoms with E-state index in [1.54, 1.807) is 0 Å². The number of aryl methyl sites for hydroxylation is 1. The van der Waals surface area contributed by atoms with Crippen molar-refractivity contribution in [3.8, 4) is 6.07 Å². The molecule has 0 spiro atoms. The zero-order valence-electron chi connectivity index (χ0n) is 9.62. The molecule has 0 saturated heterocycles. The summed E-state index contributed by atoms with van der Waals surface area (Å²) >= 11 is 0. The molecule has 0 aliphatic carbocycles. The molecule has 1 unspecified atom stereocenters. The second-order valence-electron chi connectivity index (χ2n) is 3.79. The summed E-state index contributed by atoms with van der Waals surface area (Å²) in [5.41, 5.74) is 1.38. The van der Waals surface area contributed by atoms with E-state index in [1.165, 1.54) is 5.56 Å². The highest BCUT2D eigenvalue weighted by Crippen LogP contribution is 2.04. The van der Waals surface area contributed by atoms with Gasteiger partial charge in [-0.2, -0.15) is 5.26 Å². The first-order valence-corrected chi connectivity index (χ1v) is 5.47. The van der Waals surface area contributed by atoms with E-state index in [-0.39, 0.29) is 12.4 Å². The highest BCUT2D eigenvalue weighted by atomic mass is 35.5. The molecule has 0 heterocycles.